The van der Waals surface area contributed by atoms with E-state index in [1.54, 1.807) is 0 Å². The van der Waals surface area contributed by atoms with Crippen LogP contribution in [0.25, 0.3) is 0 Å². The van der Waals surface area contributed by atoms with Gasteiger partial charge in [-0.15, -0.1) is 0 Å². The number of unbranched alkanes of at least 4 members (excludes halogenated alkanes) is 4. The quantitative estimate of drug-likeness (QED) is 0.375. The second-order valence-corrected chi connectivity index (χ2v) is 3.32. The van der Waals surface area contributed by atoms with Crippen LogP contribution in [-0.2, 0) is 0 Å². The van der Waals surface area contributed by atoms with Crippen LogP contribution < -0.4 is 0 Å². The predicted molar refractivity (Wildman–Crippen MR) is 61.6 cm³/mol. The summed E-state index contributed by atoms with van der Waals surface area (Å²) in [6.45, 7) is 6.03. The highest BCUT2D eigenvalue weighted by molar-refractivity contribution is 4.92. The zero-order valence-electron chi connectivity index (χ0n) is 8.97. The minimum atomic E-state index is 1.01. The monoisotopic (exact) mass is 179 g/mol. The van der Waals surface area contributed by atoms with Gasteiger partial charge in [0.25, 0.3) is 0 Å². The van der Waals surface area contributed by atoms with Crippen LogP contribution in [0.4, 0.5) is 0 Å². The smallest absolute Gasteiger partial charge is 0.0169 e. The molecule has 0 bridgehead atoms. The van der Waals surface area contributed by atoms with Crippen molar-refractivity contribution in [3.05, 3.63) is 31.2 Å². The number of hydrogen-bond donors (Lipinski definition) is 0. The molecule has 0 saturated carbocycles. The van der Waals surface area contributed by atoms with Gasteiger partial charge in [-0.05, 0) is 32.1 Å². The third kappa shape index (κ3) is 11.5. The molecule has 0 saturated heterocycles. The van der Waals surface area contributed by atoms with Crippen LogP contribution in [0.15, 0.2) is 24.3 Å². The number of hydrogen-bond acceptors (Lipinski definition) is 0. The maximum absolute atomic E-state index is 3.78. The Kier molecular flexibility index (Phi) is 11.0. The normalized spacial score (nSPS) is 11.8. The van der Waals surface area contributed by atoms with Crippen molar-refractivity contribution in [1.29, 1.82) is 0 Å². The highest BCUT2D eigenvalue weighted by atomic mass is 13.9. The molecule has 0 amide bonds. The summed E-state index contributed by atoms with van der Waals surface area (Å²) >= 11 is 0. The van der Waals surface area contributed by atoms with E-state index in [9.17, 15) is 0 Å². The summed E-state index contributed by atoms with van der Waals surface area (Å²) in [5.41, 5.74) is 0. The highest BCUT2D eigenvalue weighted by Gasteiger charge is 1.80. The molecule has 0 unspecified atom stereocenters. The lowest BCUT2D eigenvalue weighted by Gasteiger charge is -1.90. The summed E-state index contributed by atoms with van der Waals surface area (Å²) in [6, 6.07) is 0. The van der Waals surface area contributed by atoms with Gasteiger partial charge in [0, 0.05) is 0 Å². The van der Waals surface area contributed by atoms with Crippen LogP contribution >= 0.6 is 0 Å². The van der Waals surface area contributed by atoms with Crippen molar-refractivity contribution in [2.75, 3.05) is 0 Å². The Morgan fingerprint density at radius 2 is 1.62 bits per heavy atom. The third-order valence-electron chi connectivity index (χ3n) is 1.95. The average Bonchev–Trinajstić information content (AvgIpc) is 2.16. The SMILES string of the molecule is [CH2]CC/C=C/C/C=C/CCCCC. The molecular weight excluding hydrogens is 156 g/mol. The molecule has 0 aromatic heterocycles. The Labute approximate surface area is 83.7 Å². The zero-order valence-corrected chi connectivity index (χ0v) is 8.97. The van der Waals surface area contributed by atoms with E-state index in [1.165, 1.54) is 25.7 Å². The van der Waals surface area contributed by atoms with Crippen LogP contribution in [0, 0.1) is 6.92 Å². The van der Waals surface area contributed by atoms with Gasteiger partial charge >= 0.3 is 0 Å². The first kappa shape index (κ1) is 12.5. The average molecular weight is 179 g/mol. The molecule has 0 heteroatoms. The van der Waals surface area contributed by atoms with Crippen molar-refractivity contribution in [3.8, 4) is 0 Å². The first-order valence-electron chi connectivity index (χ1n) is 5.51. The molecular formula is C13H23. The van der Waals surface area contributed by atoms with Gasteiger partial charge in [-0.1, -0.05) is 51.0 Å². The predicted octanol–water partition coefficient (Wildman–Crippen LogP) is 4.68. The summed E-state index contributed by atoms with van der Waals surface area (Å²) in [7, 11) is 0. The Bertz CT molecular complexity index is 131. The molecule has 0 nitrogen and oxygen atoms in total. The molecule has 0 spiro atoms. The highest BCUT2D eigenvalue weighted by Crippen LogP contribution is 2.00. The van der Waals surface area contributed by atoms with Crippen molar-refractivity contribution in [2.24, 2.45) is 0 Å². The molecule has 0 N–H and O–H groups in total. The van der Waals surface area contributed by atoms with Gasteiger partial charge in [0.05, 0.1) is 0 Å². The summed E-state index contributed by atoms with van der Waals surface area (Å²) in [4.78, 5) is 0. The minimum Gasteiger partial charge on any atom is -0.0882 e. The Morgan fingerprint density at radius 1 is 0.923 bits per heavy atom. The van der Waals surface area contributed by atoms with Crippen LogP contribution in [0.1, 0.15) is 51.9 Å². The lowest BCUT2D eigenvalue weighted by atomic mass is 10.2. The molecule has 0 atom stereocenters. The maximum atomic E-state index is 3.78. The molecule has 0 aromatic rings. The van der Waals surface area contributed by atoms with Gasteiger partial charge in [-0.2, -0.15) is 0 Å². The van der Waals surface area contributed by atoms with Crippen molar-refractivity contribution < 1.29 is 0 Å². The fraction of sp³-hybridized carbons (Fsp3) is 0.615. The van der Waals surface area contributed by atoms with E-state index in [0.29, 0.717) is 0 Å². The van der Waals surface area contributed by atoms with Gasteiger partial charge in [-0.25, -0.2) is 0 Å². The molecule has 0 fully saturated rings. The Hall–Kier alpha value is -0.520. The van der Waals surface area contributed by atoms with E-state index >= 15 is 0 Å². The van der Waals surface area contributed by atoms with E-state index in [0.717, 1.165) is 19.3 Å². The van der Waals surface area contributed by atoms with E-state index in [-0.39, 0.29) is 0 Å². The van der Waals surface area contributed by atoms with E-state index < -0.39 is 0 Å². The van der Waals surface area contributed by atoms with Crippen LogP contribution in [0.3, 0.4) is 0 Å². The summed E-state index contributed by atoms with van der Waals surface area (Å²) in [6.07, 6.45) is 17.5. The van der Waals surface area contributed by atoms with E-state index in [2.05, 4.69) is 38.2 Å². The Morgan fingerprint density at radius 3 is 2.23 bits per heavy atom. The van der Waals surface area contributed by atoms with Crippen molar-refractivity contribution in [3.63, 3.8) is 0 Å². The van der Waals surface area contributed by atoms with Gasteiger partial charge in [-0.3, -0.25) is 0 Å². The molecule has 0 aliphatic heterocycles. The number of rotatable bonds is 8. The van der Waals surface area contributed by atoms with Gasteiger partial charge in [0.2, 0.25) is 0 Å². The van der Waals surface area contributed by atoms with Gasteiger partial charge in [0.1, 0.15) is 0 Å². The summed E-state index contributed by atoms with van der Waals surface area (Å²) in [5.74, 6) is 0. The fourth-order valence-electron chi connectivity index (χ4n) is 1.14. The lowest BCUT2D eigenvalue weighted by Crippen LogP contribution is -1.70. The first-order valence-corrected chi connectivity index (χ1v) is 5.51. The van der Waals surface area contributed by atoms with Crippen LogP contribution in [0.2, 0.25) is 0 Å². The van der Waals surface area contributed by atoms with Crippen LogP contribution in [0.5, 0.6) is 0 Å². The maximum Gasteiger partial charge on any atom is -0.0169 e. The fourth-order valence-corrected chi connectivity index (χ4v) is 1.14. The van der Waals surface area contributed by atoms with Crippen molar-refractivity contribution in [2.45, 2.75) is 51.9 Å². The van der Waals surface area contributed by atoms with Gasteiger partial charge in [0.15, 0.2) is 0 Å². The second-order valence-electron chi connectivity index (χ2n) is 3.32. The van der Waals surface area contributed by atoms with Gasteiger partial charge < -0.3 is 0 Å². The first-order chi connectivity index (χ1) is 6.41. The standard InChI is InChI=1S/C13H23/c1-3-5-7-9-11-13-12-10-8-6-4-2/h7,9,12-13H,1,3-6,8,10-11H2,2H3/b9-7+,13-12+. The molecule has 1 radical (unpaired) electrons. The molecule has 75 valence electrons. The molecule has 0 aromatic carbocycles. The molecule has 0 aliphatic carbocycles. The second kappa shape index (κ2) is 11.5. The van der Waals surface area contributed by atoms with Crippen molar-refractivity contribution in [1.82, 2.24) is 0 Å². The van der Waals surface area contributed by atoms with E-state index in [1.807, 2.05) is 0 Å². The zero-order chi connectivity index (χ0) is 9.78. The summed E-state index contributed by atoms with van der Waals surface area (Å²) < 4.78 is 0. The Balaban J connectivity index is 3.11. The number of allylic oxidation sites excluding steroid dienone is 4. The minimum absolute atomic E-state index is 1.01. The molecule has 0 heterocycles. The van der Waals surface area contributed by atoms with Crippen LogP contribution in [-0.4, -0.2) is 0 Å². The van der Waals surface area contributed by atoms with Crippen molar-refractivity contribution >= 4 is 0 Å². The summed E-state index contributed by atoms with van der Waals surface area (Å²) in [5, 5.41) is 0. The lowest BCUT2D eigenvalue weighted by molar-refractivity contribution is 0.728. The molecule has 0 aliphatic rings. The third-order valence-corrected chi connectivity index (χ3v) is 1.95. The largest absolute Gasteiger partial charge is 0.0882 e. The van der Waals surface area contributed by atoms with E-state index in [4.69, 9.17) is 0 Å². The molecule has 0 rings (SSSR count). The topological polar surface area (TPSA) is 0 Å². The molecule has 13 heavy (non-hydrogen) atoms.